The SMILES string of the molecule is C=C(c1cncc(NC)c1)N1CCC[C@@H](Nc2c(NC)cc(Br)cc2C(=O)N2CCn3cccc3C2)C1. The maximum atomic E-state index is 13.8. The van der Waals surface area contributed by atoms with Gasteiger partial charge in [0.2, 0.25) is 0 Å². The molecule has 8 nitrogen and oxygen atoms in total. The Kier molecular flexibility index (Phi) is 7.41. The molecule has 1 amide bonds. The molecule has 2 aromatic heterocycles. The van der Waals surface area contributed by atoms with Crippen molar-refractivity contribution in [2.45, 2.75) is 32.0 Å². The second-order valence-corrected chi connectivity index (χ2v) is 10.5. The van der Waals surface area contributed by atoms with Gasteiger partial charge in [0.1, 0.15) is 0 Å². The molecule has 3 aromatic rings. The molecule has 194 valence electrons. The molecular weight excluding hydrogens is 530 g/mol. The normalized spacial score (nSPS) is 17.2. The van der Waals surface area contributed by atoms with E-state index in [0.29, 0.717) is 18.7 Å². The van der Waals surface area contributed by atoms with Crippen molar-refractivity contribution >= 4 is 44.6 Å². The molecule has 1 atom stereocenters. The van der Waals surface area contributed by atoms with Crippen LogP contribution in [0.3, 0.4) is 0 Å². The van der Waals surface area contributed by atoms with Crippen LogP contribution in [0, 0.1) is 0 Å². The number of likely N-dealkylation sites (tertiary alicyclic amines) is 1. The molecule has 9 heteroatoms. The molecule has 4 heterocycles. The number of fused-ring (bicyclic) bond motifs is 1. The summed E-state index contributed by atoms with van der Waals surface area (Å²) in [5.41, 5.74) is 6.54. The van der Waals surface area contributed by atoms with Gasteiger partial charge in [0, 0.05) is 86.3 Å². The van der Waals surface area contributed by atoms with Gasteiger partial charge in [0.15, 0.2) is 0 Å². The molecule has 0 bridgehead atoms. The zero-order valence-electron chi connectivity index (χ0n) is 21.4. The molecule has 0 spiro atoms. The van der Waals surface area contributed by atoms with Crippen molar-refractivity contribution in [1.29, 1.82) is 0 Å². The number of pyridine rings is 1. The van der Waals surface area contributed by atoms with Crippen LogP contribution in [-0.4, -0.2) is 65.0 Å². The molecule has 2 aliphatic heterocycles. The van der Waals surface area contributed by atoms with Crippen molar-refractivity contribution in [3.63, 3.8) is 0 Å². The van der Waals surface area contributed by atoms with Crippen LogP contribution in [-0.2, 0) is 13.1 Å². The molecule has 0 unspecified atom stereocenters. The van der Waals surface area contributed by atoms with E-state index in [0.717, 1.165) is 71.0 Å². The molecule has 37 heavy (non-hydrogen) atoms. The third kappa shape index (κ3) is 5.32. The van der Waals surface area contributed by atoms with Crippen molar-refractivity contribution in [2.75, 3.05) is 49.7 Å². The quantitative estimate of drug-likeness (QED) is 0.378. The third-order valence-corrected chi connectivity index (χ3v) is 7.75. The second-order valence-electron chi connectivity index (χ2n) is 9.63. The predicted molar refractivity (Wildman–Crippen MR) is 154 cm³/mol. The van der Waals surface area contributed by atoms with Crippen molar-refractivity contribution in [3.05, 3.63) is 76.8 Å². The van der Waals surface area contributed by atoms with E-state index in [1.54, 1.807) is 0 Å². The Morgan fingerprint density at radius 3 is 2.78 bits per heavy atom. The Morgan fingerprint density at radius 1 is 1.11 bits per heavy atom. The first-order valence-corrected chi connectivity index (χ1v) is 13.5. The van der Waals surface area contributed by atoms with Gasteiger partial charge in [-0.3, -0.25) is 9.78 Å². The lowest BCUT2D eigenvalue weighted by Gasteiger charge is -2.37. The molecule has 5 rings (SSSR count). The van der Waals surface area contributed by atoms with E-state index in [9.17, 15) is 4.79 Å². The molecule has 0 radical (unpaired) electrons. The summed E-state index contributed by atoms with van der Waals surface area (Å²) in [5, 5.41) is 10.2. The van der Waals surface area contributed by atoms with Crippen LogP contribution in [0.2, 0.25) is 0 Å². The van der Waals surface area contributed by atoms with Gasteiger partial charge in [0.05, 0.1) is 29.2 Å². The highest BCUT2D eigenvalue weighted by Gasteiger charge is 2.28. The van der Waals surface area contributed by atoms with Gasteiger partial charge in [-0.2, -0.15) is 0 Å². The molecular formula is C28H34BrN7O. The van der Waals surface area contributed by atoms with Gasteiger partial charge in [-0.15, -0.1) is 0 Å². The number of hydrogen-bond donors (Lipinski definition) is 3. The van der Waals surface area contributed by atoms with Gasteiger partial charge >= 0.3 is 0 Å². The van der Waals surface area contributed by atoms with Gasteiger partial charge in [0.25, 0.3) is 5.91 Å². The van der Waals surface area contributed by atoms with E-state index in [2.05, 4.69) is 71.2 Å². The van der Waals surface area contributed by atoms with E-state index < -0.39 is 0 Å². The molecule has 1 aromatic carbocycles. The Balaban J connectivity index is 1.37. The average Bonchev–Trinajstić information content (AvgIpc) is 3.41. The number of carbonyl (C=O) groups is 1. The largest absolute Gasteiger partial charge is 0.387 e. The molecule has 1 saturated heterocycles. The number of piperidine rings is 1. The van der Waals surface area contributed by atoms with Crippen LogP contribution in [0.4, 0.5) is 17.1 Å². The Morgan fingerprint density at radius 2 is 1.97 bits per heavy atom. The number of amides is 1. The lowest BCUT2D eigenvalue weighted by atomic mass is 10.0. The van der Waals surface area contributed by atoms with E-state index in [1.807, 2.05) is 49.6 Å². The summed E-state index contributed by atoms with van der Waals surface area (Å²) in [5.74, 6) is 0.0415. The van der Waals surface area contributed by atoms with Crippen LogP contribution in [0.15, 0.2) is 60.0 Å². The first-order chi connectivity index (χ1) is 18.0. The fraction of sp³-hybridized carbons (Fsp3) is 0.357. The number of halogens is 1. The van der Waals surface area contributed by atoms with Crippen LogP contribution >= 0.6 is 15.9 Å². The summed E-state index contributed by atoms with van der Waals surface area (Å²) in [6, 6.07) is 10.3. The number of carbonyl (C=O) groups excluding carboxylic acids is 1. The first-order valence-electron chi connectivity index (χ1n) is 12.7. The number of benzene rings is 1. The van der Waals surface area contributed by atoms with Gasteiger partial charge in [-0.05, 0) is 43.2 Å². The number of anilines is 3. The summed E-state index contributed by atoms with van der Waals surface area (Å²) in [7, 11) is 3.79. The first kappa shape index (κ1) is 25.2. The summed E-state index contributed by atoms with van der Waals surface area (Å²) in [6.07, 6.45) is 7.80. The van der Waals surface area contributed by atoms with Crippen LogP contribution < -0.4 is 16.0 Å². The van der Waals surface area contributed by atoms with E-state index in [-0.39, 0.29) is 11.9 Å². The number of rotatable bonds is 7. The monoisotopic (exact) mass is 563 g/mol. The average molecular weight is 565 g/mol. The highest BCUT2D eigenvalue weighted by atomic mass is 79.9. The fourth-order valence-corrected chi connectivity index (χ4v) is 5.71. The van der Waals surface area contributed by atoms with Crippen molar-refractivity contribution in [3.8, 4) is 0 Å². The zero-order valence-corrected chi connectivity index (χ0v) is 23.0. The number of nitrogens with one attached hydrogen (secondary N) is 3. The minimum Gasteiger partial charge on any atom is -0.387 e. The predicted octanol–water partition coefficient (Wildman–Crippen LogP) is 4.93. The van der Waals surface area contributed by atoms with E-state index >= 15 is 0 Å². The fourth-order valence-electron chi connectivity index (χ4n) is 5.25. The van der Waals surface area contributed by atoms with Crippen molar-refractivity contribution < 1.29 is 4.79 Å². The minimum absolute atomic E-state index is 0.0415. The van der Waals surface area contributed by atoms with Crippen molar-refractivity contribution in [1.82, 2.24) is 19.4 Å². The van der Waals surface area contributed by atoms with E-state index in [1.165, 1.54) is 0 Å². The van der Waals surface area contributed by atoms with Crippen LogP contribution in [0.1, 0.15) is 34.5 Å². The second kappa shape index (κ2) is 10.9. The smallest absolute Gasteiger partial charge is 0.256 e. The summed E-state index contributed by atoms with van der Waals surface area (Å²) in [6.45, 7) is 8.24. The van der Waals surface area contributed by atoms with E-state index in [4.69, 9.17) is 0 Å². The Bertz CT molecular complexity index is 1300. The number of aromatic nitrogens is 2. The van der Waals surface area contributed by atoms with Gasteiger partial charge in [-0.1, -0.05) is 22.5 Å². The van der Waals surface area contributed by atoms with Gasteiger partial charge in [-0.25, -0.2) is 0 Å². The maximum absolute atomic E-state index is 13.8. The lowest BCUT2D eigenvalue weighted by Crippen LogP contribution is -2.42. The summed E-state index contributed by atoms with van der Waals surface area (Å²) >= 11 is 3.62. The van der Waals surface area contributed by atoms with Crippen molar-refractivity contribution in [2.24, 2.45) is 0 Å². The molecule has 0 aliphatic carbocycles. The van der Waals surface area contributed by atoms with Crippen LogP contribution in [0.5, 0.6) is 0 Å². The standard InChI is InChI=1S/C28H34BrN7O/c1-19(20-12-23(30-2)16-32-15-20)35-9-4-6-22(17-35)33-27-25(13-21(29)14-26(27)31-3)28(37)36-11-10-34-8-5-7-24(34)18-36/h5,7-8,12-16,22,30-31,33H,1,4,6,9-11,17-18H2,2-3H3/t22-/m1/s1. The lowest BCUT2D eigenvalue weighted by molar-refractivity contribution is 0.0712. The third-order valence-electron chi connectivity index (χ3n) is 7.29. The van der Waals surface area contributed by atoms with Gasteiger partial charge < -0.3 is 30.3 Å². The highest BCUT2D eigenvalue weighted by Crippen LogP contribution is 2.34. The minimum atomic E-state index is 0.0415. The molecule has 3 N–H and O–H groups in total. The molecule has 2 aliphatic rings. The number of hydrogen-bond acceptors (Lipinski definition) is 6. The highest BCUT2D eigenvalue weighted by molar-refractivity contribution is 9.10. The summed E-state index contributed by atoms with van der Waals surface area (Å²) < 4.78 is 3.09. The number of nitrogens with zero attached hydrogens (tertiary/aromatic N) is 4. The maximum Gasteiger partial charge on any atom is 0.256 e. The van der Waals surface area contributed by atoms with Crippen LogP contribution in [0.25, 0.3) is 5.70 Å². The topological polar surface area (TPSA) is 77.5 Å². The molecule has 1 fully saturated rings. The summed E-state index contributed by atoms with van der Waals surface area (Å²) in [4.78, 5) is 22.4. The Hall–Kier alpha value is -3.46. The Labute approximate surface area is 226 Å². The zero-order chi connectivity index (χ0) is 25.9. The molecule has 0 saturated carbocycles.